The van der Waals surface area contributed by atoms with Crippen molar-refractivity contribution in [3.05, 3.63) is 46.4 Å². The minimum absolute atomic E-state index is 0.566. The maximum absolute atomic E-state index is 6.13. The normalized spacial score (nSPS) is 14.1. The Bertz CT molecular complexity index is 827. The van der Waals surface area contributed by atoms with Gasteiger partial charge in [0.1, 0.15) is 11.5 Å². The van der Waals surface area contributed by atoms with Gasteiger partial charge in [-0.15, -0.1) is 0 Å². The van der Waals surface area contributed by atoms with Crippen molar-refractivity contribution in [2.24, 2.45) is 0 Å². The number of halogens is 2. The zero-order valence-electron chi connectivity index (χ0n) is 15.2. The van der Waals surface area contributed by atoms with Crippen molar-refractivity contribution in [2.45, 2.75) is 0 Å². The fourth-order valence-electron chi connectivity index (χ4n) is 2.96. The van der Waals surface area contributed by atoms with E-state index in [1.54, 1.807) is 14.2 Å². The first-order chi connectivity index (χ1) is 13.0. The summed E-state index contributed by atoms with van der Waals surface area (Å²) in [5, 5.41) is 5.07. The van der Waals surface area contributed by atoms with E-state index in [0.717, 1.165) is 43.3 Å². The van der Waals surface area contributed by atoms with Crippen molar-refractivity contribution >= 4 is 51.9 Å². The van der Waals surface area contributed by atoms with E-state index >= 15 is 0 Å². The van der Waals surface area contributed by atoms with Gasteiger partial charge in [0.05, 0.1) is 30.0 Å². The van der Waals surface area contributed by atoms with Crippen molar-refractivity contribution in [1.82, 2.24) is 4.90 Å². The summed E-state index contributed by atoms with van der Waals surface area (Å²) in [5.74, 6) is 1.46. The molecule has 1 N–H and O–H groups in total. The maximum Gasteiger partial charge on any atom is 0.173 e. The number of anilines is 2. The Balaban J connectivity index is 1.62. The molecular weight excluding hydrogens is 405 g/mol. The second-order valence-corrected chi connectivity index (χ2v) is 7.27. The number of methoxy groups -OCH3 is 2. The number of rotatable bonds is 4. The Morgan fingerprint density at radius 1 is 0.963 bits per heavy atom. The van der Waals surface area contributed by atoms with Crippen LogP contribution in [-0.4, -0.2) is 50.4 Å². The molecule has 2 aromatic carbocycles. The van der Waals surface area contributed by atoms with E-state index in [0.29, 0.717) is 20.9 Å². The molecule has 0 spiro atoms. The molecule has 5 nitrogen and oxygen atoms in total. The van der Waals surface area contributed by atoms with Crippen molar-refractivity contribution < 1.29 is 9.47 Å². The molecule has 0 atom stereocenters. The van der Waals surface area contributed by atoms with Crippen LogP contribution in [0.1, 0.15) is 0 Å². The van der Waals surface area contributed by atoms with Crippen LogP contribution in [0, 0.1) is 0 Å². The molecule has 0 unspecified atom stereocenters. The van der Waals surface area contributed by atoms with Crippen LogP contribution in [0.5, 0.6) is 11.5 Å². The lowest BCUT2D eigenvalue weighted by molar-refractivity contribution is 0.389. The summed E-state index contributed by atoms with van der Waals surface area (Å²) in [4.78, 5) is 4.41. The Kier molecular flexibility index (Phi) is 6.52. The first-order valence-electron chi connectivity index (χ1n) is 8.50. The molecule has 2 aromatic rings. The molecule has 1 fully saturated rings. The first-order valence-corrected chi connectivity index (χ1v) is 9.66. The Hall–Kier alpha value is -1.89. The minimum Gasteiger partial charge on any atom is -0.497 e. The quantitative estimate of drug-likeness (QED) is 0.725. The highest BCUT2D eigenvalue weighted by atomic mass is 35.5. The molecular formula is C19H21Cl2N3O2S. The van der Waals surface area contributed by atoms with Gasteiger partial charge in [0.2, 0.25) is 0 Å². The van der Waals surface area contributed by atoms with Gasteiger partial charge >= 0.3 is 0 Å². The summed E-state index contributed by atoms with van der Waals surface area (Å²) >= 11 is 17.7. The van der Waals surface area contributed by atoms with E-state index in [-0.39, 0.29) is 0 Å². The third kappa shape index (κ3) is 4.69. The van der Waals surface area contributed by atoms with Gasteiger partial charge in [0.25, 0.3) is 0 Å². The second kappa shape index (κ2) is 8.87. The van der Waals surface area contributed by atoms with E-state index in [1.807, 2.05) is 36.4 Å². The van der Waals surface area contributed by atoms with Crippen LogP contribution in [-0.2, 0) is 0 Å². The molecule has 1 saturated heterocycles. The monoisotopic (exact) mass is 425 g/mol. The summed E-state index contributed by atoms with van der Waals surface area (Å²) in [6.45, 7) is 3.29. The van der Waals surface area contributed by atoms with Gasteiger partial charge in [-0.3, -0.25) is 0 Å². The van der Waals surface area contributed by atoms with E-state index in [2.05, 4.69) is 15.1 Å². The lowest BCUT2D eigenvalue weighted by Gasteiger charge is -2.37. The van der Waals surface area contributed by atoms with Crippen LogP contribution in [0.25, 0.3) is 0 Å². The number of benzene rings is 2. The molecule has 27 heavy (non-hydrogen) atoms. The highest BCUT2D eigenvalue weighted by Gasteiger charge is 2.20. The van der Waals surface area contributed by atoms with Crippen LogP contribution in [0.15, 0.2) is 36.4 Å². The lowest BCUT2D eigenvalue weighted by atomic mass is 10.2. The SMILES string of the molecule is COc1ccc(OC)c(NC(=S)N2CCN(c3ccc(Cl)c(Cl)c3)CC2)c1. The van der Waals surface area contributed by atoms with Crippen LogP contribution in [0.4, 0.5) is 11.4 Å². The summed E-state index contributed by atoms with van der Waals surface area (Å²) in [6, 6.07) is 11.3. The highest BCUT2D eigenvalue weighted by molar-refractivity contribution is 7.80. The fourth-order valence-corrected chi connectivity index (χ4v) is 3.54. The van der Waals surface area contributed by atoms with Gasteiger partial charge in [0, 0.05) is 37.9 Å². The fraction of sp³-hybridized carbons (Fsp3) is 0.316. The number of hydrogen-bond donors (Lipinski definition) is 1. The number of piperazine rings is 1. The topological polar surface area (TPSA) is 37.0 Å². The molecule has 0 aliphatic carbocycles. The van der Waals surface area contributed by atoms with Crippen LogP contribution < -0.4 is 19.7 Å². The molecule has 1 heterocycles. The number of ether oxygens (including phenoxy) is 2. The van der Waals surface area contributed by atoms with E-state index in [4.69, 9.17) is 44.9 Å². The molecule has 144 valence electrons. The summed E-state index contributed by atoms with van der Waals surface area (Å²) in [6.07, 6.45) is 0. The molecule has 8 heteroatoms. The van der Waals surface area contributed by atoms with Gasteiger partial charge in [-0.05, 0) is 42.5 Å². The number of nitrogens with zero attached hydrogens (tertiary/aromatic N) is 2. The number of thiocarbonyl (C=S) groups is 1. The third-order valence-corrected chi connectivity index (χ3v) is 5.58. The van der Waals surface area contributed by atoms with Gasteiger partial charge in [-0.1, -0.05) is 23.2 Å². The Morgan fingerprint density at radius 2 is 1.70 bits per heavy atom. The third-order valence-electron chi connectivity index (χ3n) is 4.48. The molecule has 0 amide bonds. The second-order valence-electron chi connectivity index (χ2n) is 6.07. The van der Waals surface area contributed by atoms with E-state index in [1.165, 1.54) is 0 Å². The predicted molar refractivity (Wildman–Crippen MR) is 116 cm³/mol. The predicted octanol–water partition coefficient (Wildman–Crippen LogP) is 4.53. The van der Waals surface area contributed by atoms with Crippen LogP contribution in [0.3, 0.4) is 0 Å². The van der Waals surface area contributed by atoms with Gasteiger partial charge in [0.15, 0.2) is 5.11 Å². The molecule has 0 radical (unpaired) electrons. The molecule has 1 aliphatic rings. The van der Waals surface area contributed by atoms with Gasteiger partial charge in [-0.2, -0.15) is 0 Å². The van der Waals surface area contributed by atoms with Gasteiger partial charge in [-0.25, -0.2) is 0 Å². The largest absolute Gasteiger partial charge is 0.497 e. The first kappa shape index (κ1) is 19.9. The average Bonchev–Trinajstić information content (AvgIpc) is 2.70. The van der Waals surface area contributed by atoms with E-state index in [9.17, 15) is 0 Å². The standard InChI is InChI=1S/C19H21Cl2N3O2S/c1-25-14-4-6-18(26-2)17(12-14)22-19(27)24-9-7-23(8-10-24)13-3-5-15(20)16(21)11-13/h3-6,11-12H,7-10H2,1-2H3,(H,22,27). The molecule has 0 bridgehead atoms. The highest BCUT2D eigenvalue weighted by Crippen LogP contribution is 2.30. The summed E-state index contributed by atoms with van der Waals surface area (Å²) < 4.78 is 10.7. The van der Waals surface area contributed by atoms with Crippen LogP contribution >= 0.6 is 35.4 Å². The summed E-state index contributed by atoms with van der Waals surface area (Å²) in [5.41, 5.74) is 1.85. The maximum atomic E-state index is 6.13. The zero-order valence-corrected chi connectivity index (χ0v) is 17.5. The smallest absolute Gasteiger partial charge is 0.173 e. The van der Waals surface area contributed by atoms with Crippen LogP contribution in [0.2, 0.25) is 10.0 Å². The zero-order chi connectivity index (χ0) is 19.4. The summed E-state index contributed by atoms with van der Waals surface area (Å²) in [7, 11) is 3.26. The van der Waals surface area contributed by atoms with Crippen molar-refractivity contribution in [2.75, 3.05) is 50.6 Å². The van der Waals surface area contributed by atoms with Crippen molar-refractivity contribution in [3.8, 4) is 11.5 Å². The molecule has 3 rings (SSSR count). The molecule has 1 aliphatic heterocycles. The minimum atomic E-state index is 0.566. The number of nitrogens with one attached hydrogen (secondary N) is 1. The molecule has 0 aromatic heterocycles. The van der Waals surface area contributed by atoms with E-state index < -0.39 is 0 Å². The number of hydrogen-bond acceptors (Lipinski definition) is 4. The Morgan fingerprint density at radius 3 is 2.33 bits per heavy atom. The van der Waals surface area contributed by atoms with Crippen molar-refractivity contribution in [3.63, 3.8) is 0 Å². The Labute approximate surface area is 174 Å². The average molecular weight is 426 g/mol. The van der Waals surface area contributed by atoms with Crippen molar-refractivity contribution in [1.29, 1.82) is 0 Å². The lowest BCUT2D eigenvalue weighted by Crippen LogP contribution is -2.50. The molecule has 0 saturated carbocycles. The van der Waals surface area contributed by atoms with Gasteiger partial charge < -0.3 is 24.6 Å².